The van der Waals surface area contributed by atoms with Crippen LogP contribution in [0.3, 0.4) is 0 Å². The normalized spacial score (nSPS) is 13.4. The fraction of sp³-hybridized carbons (Fsp3) is 0.240. The Morgan fingerprint density at radius 1 is 1.00 bits per heavy atom. The minimum absolute atomic E-state index is 0.0361. The van der Waals surface area contributed by atoms with Crippen LogP contribution in [0.5, 0.6) is 11.5 Å². The average Bonchev–Trinajstić information content (AvgIpc) is 2.88. The number of benzene rings is 2. The number of nitrogens with one attached hydrogen (secondary N) is 1. The van der Waals surface area contributed by atoms with Gasteiger partial charge in [-0.15, -0.1) is 0 Å². The Hall–Kier alpha value is -3.78. The summed E-state index contributed by atoms with van der Waals surface area (Å²) in [6, 6.07) is 17.6. The van der Waals surface area contributed by atoms with Crippen molar-refractivity contribution in [1.29, 1.82) is 0 Å². The van der Waals surface area contributed by atoms with Gasteiger partial charge in [0.25, 0.3) is 11.8 Å². The predicted octanol–water partition coefficient (Wildman–Crippen LogP) is 3.72. The van der Waals surface area contributed by atoms with Crippen molar-refractivity contribution in [3.63, 3.8) is 0 Å². The molecule has 0 unspecified atom stereocenters. The highest BCUT2D eigenvalue weighted by Gasteiger charge is 2.23. The van der Waals surface area contributed by atoms with Crippen LogP contribution in [-0.4, -0.2) is 61.6 Å². The molecule has 1 aromatic heterocycles. The van der Waals surface area contributed by atoms with Crippen molar-refractivity contribution in [2.75, 3.05) is 50.1 Å². The summed E-state index contributed by atoms with van der Waals surface area (Å²) in [5, 5.41) is 3.36. The third-order valence-electron chi connectivity index (χ3n) is 5.43. The number of hydrogen-bond donors (Lipinski definition) is 1. The smallest absolute Gasteiger partial charge is 0.262 e. The number of aromatic nitrogens is 1. The lowest BCUT2D eigenvalue weighted by atomic mass is 10.1. The number of nitrogens with zero attached hydrogens (tertiary/aromatic N) is 3. The number of pyridine rings is 1. The molecule has 0 bridgehead atoms. The summed E-state index contributed by atoms with van der Waals surface area (Å²) >= 11 is 5.91. The van der Waals surface area contributed by atoms with Crippen LogP contribution in [-0.2, 0) is 4.79 Å². The highest BCUT2D eigenvalue weighted by atomic mass is 35.5. The van der Waals surface area contributed by atoms with Crippen molar-refractivity contribution in [2.24, 2.45) is 0 Å². The van der Waals surface area contributed by atoms with Gasteiger partial charge in [-0.05, 0) is 48.5 Å². The van der Waals surface area contributed by atoms with Crippen LogP contribution < -0.4 is 19.7 Å². The van der Waals surface area contributed by atoms with E-state index in [4.69, 9.17) is 21.1 Å². The summed E-state index contributed by atoms with van der Waals surface area (Å²) < 4.78 is 10.7. The van der Waals surface area contributed by atoms with E-state index in [1.165, 1.54) is 0 Å². The van der Waals surface area contributed by atoms with Gasteiger partial charge in [-0.3, -0.25) is 9.59 Å². The summed E-state index contributed by atoms with van der Waals surface area (Å²) in [6.45, 7) is 2.46. The molecule has 1 fully saturated rings. The van der Waals surface area contributed by atoms with Crippen LogP contribution >= 0.6 is 11.6 Å². The van der Waals surface area contributed by atoms with Gasteiger partial charge >= 0.3 is 0 Å². The topological polar surface area (TPSA) is 84.0 Å². The molecule has 0 spiro atoms. The molecule has 0 saturated carbocycles. The van der Waals surface area contributed by atoms with Gasteiger partial charge in [0.05, 0.1) is 12.1 Å². The van der Waals surface area contributed by atoms with Crippen LogP contribution in [0.1, 0.15) is 10.4 Å². The Labute approximate surface area is 203 Å². The Morgan fingerprint density at radius 2 is 1.76 bits per heavy atom. The molecule has 0 radical (unpaired) electrons. The van der Waals surface area contributed by atoms with E-state index in [9.17, 15) is 9.59 Å². The number of rotatable bonds is 7. The third-order valence-corrected chi connectivity index (χ3v) is 5.65. The van der Waals surface area contributed by atoms with E-state index in [1.54, 1.807) is 61.8 Å². The Morgan fingerprint density at radius 3 is 2.44 bits per heavy atom. The second kappa shape index (κ2) is 10.9. The number of ether oxygens (including phenoxy) is 2. The van der Waals surface area contributed by atoms with Gasteiger partial charge in [0, 0.05) is 49.7 Å². The summed E-state index contributed by atoms with van der Waals surface area (Å²) in [5.41, 5.74) is 1.20. The number of amides is 2. The molecule has 1 aliphatic rings. The molecule has 176 valence electrons. The van der Waals surface area contributed by atoms with Crippen molar-refractivity contribution in [1.82, 2.24) is 9.88 Å². The Kier molecular flexibility index (Phi) is 7.49. The molecule has 1 N–H and O–H groups in total. The molecule has 1 saturated heterocycles. The second-order valence-electron chi connectivity index (χ2n) is 7.71. The summed E-state index contributed by atoms with van der Waals surface area (Å²) in [7, 11) is 1.57. The maximum Gasteiger partial charge on any atom is 0.262 e. The van der Waals surface area contributed by atoms with E-state index in [0.717, 1.165) is 5.82 Å². The molecule has 9 heteroatoms. The standard InChI is InChI=1S/C25H25ClN4O4/c1-33-22-4-2-3-20(15-22)28-24(31)17-34-21-8-5-18(6-9-21)25(32)30-13-11-29(12-14-30)23-10-7-19(26)16-27-23/h2-10,15-16H,11-14,17H2,1H3,(H,28,31). The molecule has 2 amide bonds. The van der Waals surface area contributed by atoms with Gasteiger partial charge in [-0.25, -0.2) is 4.98 Å². The lowest BCUT2D eigenvalue weighted by molar-refractivity contribution is -0.118. The fourth-order valence-corrected chi connectivity index (χ4v) is 3.73. The number of methoxy groups -OCH3 is 1. The van der Waals surface area contributed by atoms with E-state index >= 15 is 0 Å². The lowest BCUT2D eigenvalue weighted by Gasteiger charge is -2.35. The van der Waals surface area contributed by atoms with Gasteiger partial charge in [-0.1, -0.05) is 17.7 Å². The molecule has 2 heterocycles. The number of carbonyl (C=O) groups excluding carboxylic acids is 2. The van der Waals surface area contributed by atoms with E-state index < -0.39 is 0 Å². The zero-order valence-corrected chi connectivity index (χ0v) is 19.5. The van der Waals surface area contributed by atoms with E-state index in [2.05, 4.69) is 15.2 Å². The zero-order chi connectivity index (χ0) is 23.9. The number of halogens is 1. The van der Waals surface area contributed by atoms with Crippen molar-refractivity contribution in [2.45, 2.75) is 0 Å². The molecular weight excluding hydrogens is 456 g/mol. The van der Waals surface area contributed by atoms with Gasteiger partial charge in [0.2, 0.25) is 0 Å². The number of anilines is 2. The van der Waals surface area contributed by atoms with Crippen LogP contribution in [0.4, 0.5) is 11.5 Å². The lowest BCUT2D eigenvalue weighted by Crippen LogP contribution is -2.49. The molecular formula is C25H25ClN4O4. The van der Waals surface area contributed by atoms with Gasteiger partial charge < -0.3 is 24.6 Å². The summed E-state index contributed by atoms with van der Waals surface area (Å²) in [6.07, 6.45) is 1.63. The maximum atomic E-state index is 12.9. The van der Waals surface area contributed by atoms with Gasteiger partial charge in [-0.2, -0.15) is 0 Å². The summed E-state index contributed by atoms with van der Waals surface area (Å²) in [4.78, 5) is 33.3. The Bertz CT molecular complexity index is 1130. The molecule has 3 aromatic rings. The number of hydrogen-bond acceptors (Lipinski definition) is 6. The summed E-state index contributed by atoms with van der Waals surface area (Å²) in [5.74, 6) is 1.69. The number of carbonyl (C=O) groups is 2. The molecule has 34 heavy (non-hydrogen) atoms. The first-order valence-electron chi connectivity index (χ1n) is 10.8. The molecule has 0 atom stereocenters. The van der Waals surface area contributed by atoms with Crippen LogP contribution in [0.25, 0.3) is 0 Å². The SMILES string of the molecule is COc1cccc(NC(=O)COc2ccc(C(=O)N3CCN(c4ccc(Cl)cn4)CC3)cc2)c1. The van der Waals surface area contributed by atoms with Crippen molar-refractivity contribution in [3.8, 4) is 11.5 Å². The van der Waals surface area contributed by atoms with Crippen molar-refractivity contribution >= 4 is 34.9 Å². The molecule has 4 rings (SSSR count). The zero-order valence-electron chi connectivity index (χ0n) is 18.7. The molecule has 8 nitrogen and oxygen atoms in total. The monoisotopic (exact) mass is 480 g/mol. The molecule has 1 aliphatic heterocycles. The van der Waals surface area contributed by atoms with Crippen LogP contribution in [0.2, 0.25) is 5.02 Å². The first kappa shape index (κ1) is 23.4. The second-order valence-corrected chi connectivity index (χ2v) is 8.14. The Balaban J connectivity index is 1.25. The first-order valence-corrected chi connectivity index (χ1v) is 11.2. The number of piperazine rings is 1. The predicted molar refractivity (Wildman–Crippen MR) is 131 cm³/mol. The third kappa shape index (κ3) is 5.96. The van der Waals surface area contributed by atoms with Crippen molar-refractivity contribution in [3.05, 3.63) is 77.4 Å². The highest BCUT2D eigenvalue weighted by Crippen LogP contribution is 2.19. The minimum atomic E-state index is -0.290. The molecule has 2 aromatic carbocycles. The minimum Gasteiger partial charge on any atom is -0.497 e. The first-order chi connectivity index (χ1) is 16.5. The van der Waals surface area contributed by atoms with Gasteiger partial charge in [0.1, 0.15) is 17.3 Å². The van der Waals surface area contributed by atoms with Crippen LogP contribution in [0.15, 0.2) is 66.9 Å². The van der Waals surface area contributed by atoms with E-state index in [0.29, 0.717) is 54.0 Å². The molecule has 0 aliphatic carbocycles. The van der Waals surface area contributed by atoms with Crippen molar-refractivity contribution < 1.29 is 19.1 Å². The van der Waals surface area contributed by atoms with E-state index in [-0.39, 0.29) is 18.4 Å². The van der Waals surface area contributed by atoms with Crippen LogP contribution in [0, 0.1) is 0 Å². The maximum absolute atomic E-state index is 12.9. The average molecular weight is 481 g/mol. The quantitative estimate of drug-likeness (QED) is 0.555. The largest absolute Gasteiger partial charge is 0.497 e. The van der Waals surface area contributed by atoms with E-state index in [1.807, 2.05) is 17.0 Å². The van der Waals surface area contributed by atoms with Gasteiger partial charge in [0.15, 0.2) is 6.61 Å². The fourth-order valence-electron chi connectivity index (χ4n) is 3.62. The highest BCUT2D eigenvalue weighted by molar-refractivity contribution is 6.30.